The number of anilines is 2. The fraction of sp³-hybridized carbons (Fsp3) is 0.111. The van der Waals surface area contributed by atoms with Gasteiger partial charge in [-0.1, -0.05) is 24.8 Å². The summed E-state index contributed by atoms with van der Waals surface area (Å²) in [6, 6.07) is 5.81. The van der Waals surface area contributed by atoms with E-state index in [9.17, 15) is 4.91 Å². The zero-order valence-electron chi connectivity index (χ0n) is 7.27. The fourth-order valence-electron chi connectivity index (χ4n) is 1.41. The smallest absolute Gasteiger partial charge is 0.0979 e. The molecule has 0 atom stereocenters. The monoisotopic (exact) mass is 175 g/mol. The molecule has 0 aliphatic carbocycles. The third kappa shape index (κ3) is 0.989. The second-order valence-corrected chi connectivity index (χ2v) is 2.80. The van der Waals surface area contributed by atoms with Crippen LogP contribution in [0.4, 0.5) is 11.4 Å². The molecule has 2 rings (SSSR count). The molecule has 0 unspecified atom stereocenters. The first-order valence-electron chi connectivity index (χ1n) is 3.92. The average Bonchev–Trinajstić information content (AvgIpc) is 2.90. The number of benzene rings is 1. The lowest BCUT2D eigenvalue weighted by molar-refractivity contribution is 0.380. The minimum Gasteiger partial charge on any atom is -0.231 e. The molecule has 1 aromatic rings. The molecule has 4 heteroatoms. The van der Waals surface area contributed by atoms with Crippen molar-refractivity contribution in [3.63, 3.8) is 0 Å². The molecule has 13 heavy (non-hydrogen) atoms. The van der Waals surface area contributed by atoms with Crippen LogP contribution in [0.1, 0.15) is 5.56 Å². The van der Waals surface area contributed by atoms with Gasteiger partial charge < -0.3 is 0 Å². The molecule has 1 aliphatic rings. The number of fused-ring (bicyclic) bond motifs is 1. The van der Waals surface area contributed by atoms with Crippen LogP contribution in [0.15, 0.2) is 30.1 Å². The number of rotatable bonds is 3. The second-order valence-electron chi connectivity index (χ2n) is 2.80. The van der Waals surface area contributed by atoms with Gasteiger partial charge in [0, 0.05) is 5.56 Å². The molecule has 1 heterocycles. The quantitative estimate of drug-likeness (QED) is 0.401. The number of nitroso groups, excluding NO2 is 1. The van der Waals surface area contributed by atoms with Crippen molar-refractivity contribution in [2.75, 3.05) is 12.1 Å². The number of para-hydroxylation sites is 1. The third-order valence-corrected chi connectivity index (χ3v) is 2.06. The maximum Gasteiger partial charge on any atom is 0.0979 e. The van der Waals surface area contributed by atoms with E-state index in [4.69, 9.17) is 0 Å². The molecule has 0 spiro atoms. The molecule has 0 saturated carbocycles. The summed E-state index contributed by atoms with van der Waals surface area (Å²) in [6.07, 6.45) is 1.76. The summed E-state index contributed by atoms with van der Waals surface area (Å²) in [7, 11) is 1.61. The van der Waals surface area contributed by atoms with Crippen LogP contribution in [0, 0.1) is 4.91 Å². The van der Waals surface area contributed by atoms with Crippen LogP contribution >= 0.6 is 0 Å². The molecule has 0 aromatic heterocycles. The average molecular weight is 175 g/mol. The predicted molar refractivity (Wildman–Crippen MR) is 52.2 cm³/mol. The van der Waals surface area contributed by atoms with Crippen LogP contribution in [0.25, 0.3) is 6.08 Å². The Morgan fingerprint density at radius 2 is 2.38 bits per heavy atom. The van der Waals surface area contributed by atoms with Crippen molar-refractivity contribution >= 4 is 17.5 Å². The molecular weight excluding hydrogens is 166 g/mol. The van der Waals surface area contributed by atoms with Gasteiger partial charge in [0.25, 0.3) is 0 Å². The van der Waals surface area contributed by atoms with E-state index >= 15 is 0 Å². The minimum atomic E-state index is 1.01. The van der Waals surface area contributed by atoms with E-state index in [1.165, 1.54) is 5.12 Å². The van der Waals surface area contributed by atoms with E-state index in [0.29, 0.717) is 0 Å². The predicted octanol–water partition coefficient (Wildman–Crippen LogP) is 2.31. The van der Waals surface area contributed by atoms with Crippen LogP contribution < -0.4 is 5.01 Å². The first kappa shape index (κ1) is 7.79. The van der Waals surface area contributed by atoms with Gasteiger partial charge in [0.05, 0.1) is 23.7 Å². The lowest BCUT2D eigenvalue weighted by atomic mass is 10.2. The number of hydrazine groups is 1. The molecule has 4 nitrogen and oxygen atoms in total. The fourth-order valence-corrected chi connectivity index (χ4v) is 1.41. The van der Waals surface area contributed by atoms with E-state index in [1.54, 1.807) is 18.1 Å². The van der Waals surface area contributed by atoms with Crippen molar-refractivity contribution in [3.05, 3.63) is 35.2 Å². The lowest BCUT2D eigenvalue weighted by Crippen LogP contribution is -2.19. The Bertz CT molecular complexity index is 375. The number of hydrogen-bond donors (Lipinski definition) is 0. The van der Waals surface area contributed by atoms with Crippen LogP contribution in [0.5, 0.6) is 0 Å². The van der Waals surface area contributed by atoms with Crippen LogP contribution in [-0.4, -0.2) is 12.2 Å². The summed E-state index contributed by atoms with van der Waals surface area (Å²) in [5.74, 6) is 0. The van der Waals surface area contributed by atoms with Crippen LogP contribution in [0.2, 0.25) is 0 Å². The summed E-state index contributed by atoms with van der Waals surface area (Å²) in [5.41, 5.74) is 3.05. The van der Waals surface area contributed by atoms with Crippen molar-refractivity contribution in [2.24, 2.45) is 5.29 Å². The Hall–Kier alpha value is -1.84. The van der Waals surface area contributed by atoms with Gasteiger partial charge in [-0.3, -0.25) is 0 Å². The van der Waals surface area contributed by atoms with Crippen LogP contribution in [-0.2, 0) is 0 Å². The molecule has 0 bridgehead atoms. The van der Waals surface area contributed by atoms with Crippen molar-refractivity contribution in [1.29, 1.82) is 0 Å². The largest absolute Gasteiger partial charge is 0.231 e. The molecule has 1 aromatic carbocycles. The molecular formula is C9H9N3O. The highest BCUT2D eigenvalue weighted by Gasteiger charge is 2.35. The zero-order valence-corrected chi connectivity index (χ0v) is 7.27. The minimum absolute atomic E-state index is 1.01. The molecule has 0 fully saturated rings. The maximum absolute atomic E-state index is 10.3. The topological polar surface area (TPSA) is 35.7 Å². The highest BCUT2D eigenvalue weighted by molar-refractivity contribution is 5.97. The Balaban J connectivity index is 2.35. The summed E-state index contributed by atoms with van der Waals surface area (Å²) in [4.78, 5) is 10.3. The lowest BCUT2D eigenvalue weighted by Gasteiger charge is -2.09. The van der Waals surface area contributed by atoms with Crippen molar-refractivity contribution < 1.29 is 0 Å². The molecule has 66 valence electrons. The van der Waals surface area contributed by atoms with Gasteiger partial charge in [-0.15, -0.1) is 4.91 Å². The Morgan fingerprint density at radius 3 is 3.00 bits per heavy atom. The van der Waals surface area contributed by atoms with E-state index in [0.717, 1.165) is 16.9 Å². The highest BCUT2D eigenvalue weighted by Crippen LogP contribution is 2.51. The first-order chi connectivity index (χ1) is 6.29. The Labute approximate surface area is 76.0 Å². The summed E-state index contributed by atoms with van der Waals surface area (Å²) >= 11 is 0. The van der Waals surface area contributed by atoms with Gasteiger partial charge >= 0.3 is 0 Å². The van der Waals surface area contributed by atoms with Gasteiger partial charge in [-0.2, -0.15) is 5.12 Å². The van der Waals surface area contributed by atoms with Gasteiger partial charge in [0.2, 0.25) is 0 Å². The van der Waals surface area contributed by atoms with Crippen molar-refractivity contribution in [3.8, 4) is 0 Å². The second kappa shape index (κ2) is 2.58. The molecule has 1 aliphatic heterocycles. The molecule has 0 N–H and O–H groups in total. The SMILES string of the molecule is C=Cc1cccc2c1N2N(C)N=O. The van der Waals surface area contributed by atoms with Gasteiger partial charge in [0.15, 0.2) is 0 Å². The first-order valence-corrected chi connectivity index (χ1v) is 3.92. The van der Waals surface area contributed by atoms with Crippen molar-refractivity contribution in [2.45, 2.75) is 0 Å². The summed E-state index contributed by atoms with van der Waals surface area (Å²) in [6.45, 7) is 3.69. The summed E-state index contributed by atoms with van der Waals surface area (Å²) < 4.78 is 0. The Morgan fingerprint density at radius 1 is 1.62 bits per heavy atom. The number of nitrogens with zero attached hydrogens (tertiary/aromatic N) is 3. The maximum atomic E-state index is 10.3. The standard InChI is InChI=1S/C9H9N3O/c1-3-7-5-4-6-8-9(7)12(8)11(2)10-13/h3-6H,1H2,2H3. The van der Waals surface area contributed by atoms with E-state index in [2.05, 4.69) is 11.9 Å². The van der Waals surface area contributed by atoms with Gasteiger partial charge in [0.1, 0.15) is 0 Å². The van der Waals surface area contributed by atoms with Gasteiger partial charge in [-0.25, -0.2) is 5.01 Å². The zero-order chi connectivity index (χ0) is 9.42. The summed E-state index contributed by atoms with van der Waals surface area (Å²) in [5, 5.41) is 5.82. The van der Waals surface area contributed by atoms with Crippen LogP contribution in [0.3, 0.4) is 0 Å². The van der Waals surface area contributed by atoms with E-state index in [-0.39, 0.29) is 0 Å². The normalized spacial score (nSPS) is 11.9. The molecule has 0 saturated heterocycles. The van der Waals surface area contributed by atoms with Crippen molar-refractivity contribution in [1.82, 2.24) is 5.12 Å². The molecule has 0 radical (unpaired) electrons. The Kier molecular flexibility index (Phi) is 1.55. The molecule has 0 amide bonds. The highest BCUT2D eigenvalue weighted by atomic mass is 16.3. The number of hydrogen-bond acceptors (Lipinski definition) is 3. The van der Waals surface area contributed by atoms with E-state index < -0.39 is 0 Å². The third-order valence-electron chi connectivity index (χ3n) is 2.06. The van der Waals surface area contributed by atoms with E-state index in [1.807, 2.05) is 18.2 Å². The van der Waals surface area contributed by atoms with Gasteiger partial charge in [-0.05, 0) is 6.07 Å².